The second kappa shape index (κ2) is 21.5. The SMILES string of the molecule is CCCCCCCCCC[Si](C)(OCC)OCC.CCCCCS(=O)O. The Labute approximate surface area is 167 Å². The van der Waals surface area contributed by atoms with Gasteiger partial charge in [0.1, 0.15) is 0 Å². The molecule has 0 aromatic rings. The highest BCUT2D eigenvalue weighted by Gasteiger charge is 2.29. The summed E-state index contributed by atoms with van der Waals surface area (Å²) in [6, 6.07) is 1.16. The molecule has 0 spiro atoms. The Bertz CT molecular complexity index is 298. The van der Waals surface area contributed by atoms with Gasteiger partial charge in [0.05, 0.1) is 0 Å². The first-order valence-corrected chi connectivity index (χ1v) is 14.6. The minimum atomic E-state index is -1.83. The molecule has 0 radical (unpaired) electrons. The lowest BCUT2D eigenvalue weighted by molar-refractivity contribution is 0.188. The predicted molar refractivity (Wildman–Crippen MR) is 117 cm³/mol. The van der Waals surface area contributed by atoms with Crippen LogP contribution in [0.15, 0.2) is 0 Å². The average Bonchev–Trinajstić information content (AvgIpc) is 2.58. The van der Waals surface area contributed by atoms with E-state index in [0.29, 0.717) is 5.75 Å². The van der Waals surface area contributed by atoms with Crippen LogP contribution in [0.1, 0.15) is 98.3 Å². The summed E-state index contributed by atoms with van der Waals surface area (Å²) in [5, 5.41) is 0. The summed E-state index contributed by atoms with van der Waals surface area (Å²) in [4.78, 5) is 0. The smallest absolute Gasteiger partial charge is 0.334 e. The third-order valence-corrected chi connectivity index (χ3v) is 8.00. The van der Waals surface area contributed by atoms with Gasteiger partial charge in [-0.1, -0.05) is 78.1 Å². The second-order valence-electron chi connectivity index (χ2n) is 6.96. The largest absolute Gasteiger partial charge is 0.395 e. The maximum atomic E-state index is 9.99. The second-order valence-corrected chi connectivity index (χ2v) is 11.4. The summed E-state index contributed by atoms with van der Waals surface area (Å²) in [5.41, 5.74) is 0. The Morgan fingerprint density at radius 2 is 1.15 bits per heavy atom. The van der Waals surface area contributed by atoms with Gasteiger partial charge in [0.15, 0.2) is 11.1 Å². The highest BCUT2D eigenvalue weighted by atomic mass is 32.2. The van der Waals surface area contributed by atoms with Gasteiger partial charge >= 0.3 is 8.56 Å². The topological polar surface area (TPSA) is 55.8 Å². The van der Waals surface area contributed by atoms with Crippen molar-refractivity contribution < 1.29 is 17.6 Å². The van der Waals surface area contributed by atoms with Gasteiger partial charge in [0.25, 0.3) is 0 Å². The number of hydrogen-bond acceptors (Lipinski definition) is 3. The van der Waals surface area contributed by atoms with Crippen molar-refractivity contribution in [3.8, 4) is 0 Å². The van der Waals surface area contributed by atoms with Gasteiger partial charge in [-0.3, -0.25) is 0 Å². The molecule has 0 aliphatic heterocycles. The monoisotopic (exact) mass is 410 g/mol. The highest BCUT2D eigenvalue weighted by molar-refractivity contribution is 7.79. The molecule has 0 fully saturated rings. The van der Waals surface area contributed by atoms with Crippen molar-refractivity contribution in [1.29, 1.82) is 0 Å². The molecular formula is C20H46O4SSi. The zero-order valence-corrected chi connectivity index (χ0v) is 20.0. The number of unbranched alkanes of at least 4 members (excludes halogenated alkanes) is 9. The molecule has 0 aliphatic carbocycles. The first kappa shape index (κ1) is 28.5. The van der Waals surface area contributed by atoms with Gasteiger partial charge in [0.2, 0.25) is 0 Å². The van der Waals surface area contributed by atoms with Crippen LogP contribution in [-0.4, -0.2) is 36.3 Å². The van der Waals surface area contributed by atoms with Gasteiger partial charge in [0, 0.05) is 19.0 Å². The molecule has 26 heavy (non-hydrogen) atoms. The fraction of sp³-hybridized carbons (Fsp3) is 1.00. The summed E-state index contributed by atoms with van der Waals surface area (Å²) in [6.07, 6.45) is 14.0. The average molecular weight is 411 g/mol. The molecule has 1 atom stereocenters. The minimum absolute atomic E-state index is 0.438. The van der Waals surface area contributed by atoms with Crippen molar-refractivity contribution in [2.24, 2.45) is 0 Å². The first-order valence-electron chi connectivity index (χ1n) is 10.8. The van der Waals surface area contributed by atoms with E-state index < -0.39 is 19.6 Å². The molecule has 0 saturated heterocycles. The zero-order chi connectivity index (χ0) is 20.1. The Hall–Kier alpha value is 0.247. The third-order valence-electron chi connectivity index (χ3n) is 4.31. The van der Waals surface area contributed by atoms with E-state index in [1.54, 1.807) is 0 Å². The lowest BCUT2D eigenvalue weighted by Gasteiger charge is -2.25. The van der Waals surface area contributed by atoms with Crippen LogP contribution in [0.3, 0.4) is 0 Å². The normalized spacial score (nSPS) is 12.5. The van der Waals surface area contributed by atoms with E-state index in [1.807, 2.05) is 0 Å². The van der Waals surface area contributed by atoms with Crippen molar-refractivity contribution in [3.05, 3.63) is 0 Å². The predicted octanol–water partition coefficient (Wildman–Crippen LogP) is 6.67. The van der Waals surface area contributed by atoms with E-state index in [4.69, 9.17) is 13.4 Å². The van der Waals surface area contributed by atoms with Gasteiger partial charge in [-0.25, -0.2) is 4.21 Å². The molecule has 160 valence electrons. The van der Waals surface area contributed by atoms with Gasteiger partial charge < -0.3 is 13.4 Å². The summed E-state index contributed by atoms with van der Waals surface area (Å²) < 4.78 is 29.9. The van der Waals surface area contributed by atoms with Crippen LogP contribution in [-0.2, 0) is 19.9 Å². The summed E-state index contributed by atoms with van der Waals surface area (Å²) in [5.74, 6) is 0.438. The molecular weight excluding hydrogens is 364 g/mol. The highest BCUT2D eigenvalue weighted by Crippen LogP contribution is 2.19. The van der Waals surface area contributed by atoms with E-state index in [0.717, 1.165) is 38.5 Å². The van der Waals surface area contributed by atoms with Crippen LogP contribution in [0.4, 0.5) is 0 Å². The van der Waals surface area contributed by atoms with E-state index >= 15 is 0 Å². The lowest BCUT2D eigenvalue weighted by Crippen LogP contribution is -2.38. The molecule has 0 aromatic heterocycles. The summed E-state index contributed by atoms with van der Waals surface area (Å²) >= 11 is -1.57. The Morgan fingerprint density at radius 3 is 1.58 bits per heavy atom. The Kier molecular flexibility index (Phi) is 23.6. The number of rotatable bonds is 17. The van der Waals surface area contributed by atoms with E-state index in [9.17, 15) is 4.21 Å². The summed E-state index contributed by atoms with van der Waals surface area (Å²) in [6.45, 7) is 12.3. The molecule has 0 rings (SSSR count). The van der Waals surface area contributed by atoms with Gasteiger partial charge in [-0.2, -0.15) is 0 Å². The maximum Gasteiger partial charge on any atom is 0.334 e. The quantitative estimate of drug-likeness (QED) is 0.165. The molecule has 0 aliphatic rings. The van der Waals surface area contributed by atoms with E-state index in [1.165, 1.54) is 51.4 Å². The number of hydrogen-bond donors (Lipinski definition) is 1. The molecule has 1 N–H and O–H groups in total. The molecule has 0 amide bonds. The summed E-state index contributed by atoms with van der Waals surface area (Å²) in [7, 11) is -1.83. The van der Waals surface area contributed by atoms with Crippen LogP contribution in [0, 0.1) is 0 Å². The van der Waals surface area contributed by atoms with Crippen LogP contribution < -0.4 is 0 Å². The third kappa shape index (κ3) is 22.3. The van der Waals surface area contributed by atoms with Crippen molar-refractivity contribution in [2.45, 2.75) is 111 Å². The first-order chi connectivity index (χ1) is 12.5. The zero-order valence-electron chi connectivity index (χ0n) is 18.2. The van der Waals surface area contributed by atoms with Crippen LogP contribution in [0.2, 0.25) is 12.6 Å². The molecule has 0 aromatic carbocycles. The molecule has 6 heteroatoms. The maximum absolute atomic E-state index is 9.99. The van der Waals surface area contributed by atoms with Gasteiger partial charge in [-0.15, -0.1) is 0 Å². The van der Waals surface area contributed by atoms with Crippen molar-refractivity contribution >= 4 is 19.6 Å². The van der Waals surface area contributed by atoms with Crippen LogP contribution >= 0.6 is 0 Å². The molecule has 0 bridgehead atoms. The standard InChI is InChI=1S/C15H34O2Si.C5H12O2S/c1-5-8-9-10-11-12-13-14-15-18(4,16-6-2)17-7-3;1-2-3-4-5-8(6)7/h5-15H2,1-4H3;2-5H2,1H3,(H,6,7). The van der Waals surface area contributed by atoms with Crippen molar-refractivity contribution in [2.75, 3.05) is 19.0 Å². The molecule has 4 nitrogen and oxygen atoms in total. The fourth-order valence-electron chi connectivity index (χ4n) is 2.85. The molecule has 0 saturated carbocycles. The van der Waals surface area contributed by atoms with Crippen molar-refractivity contribution in [3.63, 3.8) is 0 Å². The lowest BCUT2D eigenvalue weighted by atomic mass is 10.1. The van der Waals surface area contributed by atoms with E-state index in [-0.39, 0.29) is 0 Å². The van der Waals surface area contributed by atoms with Gasteiger partial charge in [-0.05, 0) is 32.9 Å². The van der Waals surface area contributed by atoms with Crippen LogP contribution in [0.5, 0.6) is 0 Å². The molecule has 0 heterocycles. The van der Waals surface area contributed by atoms with Crippen LogP contribution in [0.25, 0.3) is 0 Å². The Balaban J connectivity index is 0. The van der Waals surface area contributed by atoms with E-state index in [2.05, 4.69) is 34.2 Å². The Morgan fingerprint density at radius 1 is 0.731 bits per heavy atom. The van der Waals surface area contributed by atoms with Crippen molar-refractivity contribution in [1.82, 2.24) is 0 Å². The fourth-order valence-corrected chi connectivity index (χ4v) is 5.79. The minimum Gasteiger partial charge on any atom is -0.395 e. The molecule has 1 unspecified atom stereocenters.